The highest BCUT2D eigenvalue weighted by Crippen LogP contribution is 2.26. The summed E-state index contributed by atoms with van der Waals surface area (Å²) >= 11 is 0. The zero-order valence-corrected chi connectivity index (χ0v) is 14.1. The molecule has 25 heavy (non-hydrogen) atoms. The molecular weight excluding hydrogens is 312 g/mol. The molecule has 2 aromatic rings. The van der Waals surface area contributed by atoms with Gasteiger partial charge in [0.25, 0.3) is 5.91 Å². The summed E-state index contributed by atoms with van der Waals surface area (Å²) in [6.45, 7) is 0.407. The van der Waals surface area contributed by atoms with Crippen LogP contribution in [0.3, 0.4) is 0 Å². The molecule has 128 valence electrons. The predicted octanol–water partition coefficient (Wildman–Crippen LogP) is 3.51. The Hall–Kier alpha value is -2.87. The third kappa shape index (κ3) is 4.80. The molecule has 0 aliphatic heterocycles. The lowest BCUT2D eigenvalue weighted by Gasteiger charge is -2.27. The zero-order chi connectivity index (χ0) is 17.5. The maximum atomic E-state index is 12.4. The van der Waals surface area contributed by atoms with Crippen LogP contribution in [0.1, 0.15) is 41.7 Å². The van der Waals surface area contributed by atoms with Crippen molar-refractivity contribution in [2.24, 2.45) is 5.92 Å². The van der Waals surface area contributed by atoms with E-state index < -0.39 is 0 Å². The average molecular weight is 334 g/mol. The van der Waals surface area contributed by atoms with E-state index in [-0.39, 0.29) is 11.8 Å². The molecule has 0 spiro atoms. The number of carbonyl (C=O) groups excluding carboxylic acids is 1. The van der Waals surface area contributed by atoms with Gasteiger partial charge in [0.1, 0.15) is 0 Å². The number of nitrogens with one attached hydrogen (secondary N) is 2. The molecule has 1 fully saturated rings. The standard InChI is InChI=1S/C20H22N4O/c21-13-15-5-3-8-17(11-15)24-18-9-4-6-16(12-18)20(25)23-14-19-7-1-2-10-22-19/h1-2,4,6-7,9-10,12,15,17,24H,3,5,8,11,14H2,(H,23,25)/t15-,17+/m0/s1. The van der Waals surface area contributed by atoms with Crippen LogP contribution in [0.15, 0.2) is 48.7 Å². The van der Waals surface area contributed by atoms with Crippen LogP contribution in [0.4, 0.5) is 5.69 Å². The minimum absolute atomic E-state index is 0.118. The van der Waals surface area contributed by atoms with Gasteiger partial charge in [-0.15, -0.1) is 0 Å². The van der Waals surface area contributed by atoms with Crippen molar-refractivity contribution in [1.29, 1.82) is 5.26 Å². The number of benzene rings is 1. The number of nitrogens with zero attached hydrogens (tertiary/aromatic N) is 2. The molecule has 0 radical (unpaired) electrons. The Morgan fingerprint density at radius 3 is 2.96 bits per heavy atom. The van der Waals surface area contributed by atoms with E-state index >= 15 is 0 Å². The summed E-state index contributed by atoms with van der Waals surface area (Å²) in [6, 6.07) is 15.8. The zero-order valence-electron chi connectivity index (χ0n) is 14.1. The van der Waals surface area contributed by atoms with Gasteiger partial charge < -0.3 is 10.6 Å². The first-order valence-corrected chi connectivity index (χ1v) is 8.69. The Kier molecular flexibility index (Phi) is 5.63. The number of rotatable bonds is 5. The lowest BCUT2D eigenvalue weighted by Crippen LogP contribution is -2.27. The second-order valence-electron chi connectivity index (χ2n) is 6.42. The number of pyridine rings is 1. The fourth-order valence-electron chi connectivity index (χ4n) is 3.20. The molecule has 0 saturated heterocycles. The number of hydrogen-bond acceptors (Lipinski definition) is 4. The summed E-state index contributed by atoms with van der Waals surface area (Å²) in [6.07, 6.45) is 5.70. The lowest BCUT2D eigenvalue weighted by atomic mass is 9.86. The summed E-state index contributed by atoms with van der Waals surface area (Å²) in [5.41, 5.74) is 2.37. The van der Waals surface area contributed by atoms with Crippen molar-refractivity contribution in [2.45, 2.75) is 38.3 Å². The van der Waals surface area contributed by atoms with E-state index in [4.69, 9.17) is 5.26 Å². The van der Waals surface area contributed by atoms with Crippen LogP contribution < -0.4 is 10.6 Å². The molecule has 1 aromatic carbocycles. The molecule has 5 heteroatoms. The van der Waals surface area contributed by atoms with Crippen molar-refractivity contribution >= 4 is 11.6 Å². The van der Waals surface area contributed by atoms with Crippen LogP contribution in [0, 0.1) is 17.2 Å². The maximum absolute atomic E-state index is 12.4. The molecule has 1 amide bonds. The molecule has 1 aliphatic rings. The van der Waals surface area contributed by atoms with Crippen molar-refractivity contribution in [2.75, 3.05) is 5.32 Å². The third-order valence-corrected chi connectivity index (χ3v) is 4.51. The monoisotopic (exact) mass is 334 g/mol. The largest absolute Gasteiger partial charge is 0.382 e. The Morgan fingerprint density at radius 1 is 1.24 bits per heavy atom. The molecule has 1 saturated carbocycles. The topological polar surface area (TPSA) is 77.8 Å². The van der Waals surface area contributed by atoms with Gasteiger partial charge in [0, 0.05) is 29.4 Å². The van der Waals surface area contributed by atoms with Gasteiger partial charge in [0.15, 0.2) is 0 Å². The number of carbonyl (C=O) groups is 1. The minimum atomic E-state index is -0.118. The van der Waals surface area contributed by atoms with E-state index in [1.807, 2.05) is 36.4 Å². The predicted molar refractivity (Wildman–Crippen MR) is 96.8 cm³/mol. The van der Waals surface area contributed by atoms with E-state index in [0.29, 0.717) is 18.2 Å². The fourth-order valence-corrected chi connectivity index (χ4v) is 3.20. The molecule has 5 nitrogen and oxygen atoms in total. The molecule has 1 heterocycles. The first kappa shape index (κ1) is 17.0. The van der Waals surface area contributed by atoms with Crippen LogP contribution in [0.2, 0.25) is 0 Å². The van der Waals surface area contributed by atoms with Crippen molar-refractivity contribution in [1.82, 2.24) is 10.3 Å². The molecular formula is C20H22N4O. The second-order valence-corrected chi connectivity index (χ2v) is 6.42. The molecule has 0 bridgehead atoms. The summed E-state index contributed by atoms with van der Waals surface area (Å²) in [5, 5.41) is 15.5. The van der Waals surface area contributed by atoms with Gasteiger partial charge in [-0.1, -0.05) is 18.6 Å². The van der Waals surface area contributed by atoms with E-state index in [1.165, 1.54) is 0 Å². The Bertz CT molecular complexity index is 754. The van der Waals surface area contributed by atoms with Crippen molar-refractivity contribution < 1.29 is 4.79 Å². The smallest absolute Gasteiger partial charge is 0.251 e. The molecule has 0 unspecified atom stereocenters. The van der Waals surface area contributed by atoms with E-state index in [2.05, 4.69) is 21.7 Å². The van der Waals surface area contributed by atoms with Crippen molar-refractivity contribution in [3.05, 3.63) is 59.9 Å². The van der Waals surface area contributed by atoms with Crippen molar-refractivity contribution in [3.8, 4) is 6.07 Å². The molecule has 3 rings (SSSR count). The van der Waals surface area contributed by atoms with E-state index in [1.54, 1.807) is 12.3 Å². The molecule has 2 atom stereocenters. The van der Waals surface area contributed by atoms with Gasteiger partial charge in [-0.3, -0.25) is 9.78 Å². The number of hydrogen-bond donors (Lipinski definition) is 2. The highest BCUT2D eigenvalue weighted by atomic mass is 16.1. The summed E-state index contributed by atoms with van der Waals surface area (Å²) < 4.78 is 0. The quantitative estimate of drug-likeness (QED) is 0.877. The normalized spacial score (nSPS) is 19.6. The number of anilines is 1. The first-order valence-electron chi connectivity index (χ1n) is 8.69. The van der Waals surface area contributed by atoms with Crippen LogP contribution in [0.25, 0.3) is 0 Å². The lowest BCUT2D eigenvalue weighted by molar-refractivity contribution is 0.0950. The van der Waals surface area contributed by atoms with Crippen LogP contribution >= 0.6 is 0 Å². The summed E-state index contributed by atoms with van der Waals surface area (Å²) in [4.78, 5) is 16.6. The number of amides is 1. The van der Waals surface area contributed by atoms with Crippen LogP contribution in [-0.4, -0.2) is 16.9 Å². The maximum Gasteiger partial charge on any atom is 0.251 e. The molecule has 2 N–H and O–H groups in total. The first-order chi connectivity index (χ1) is 12.2. The fraction of sp³-hybridized carbons (Fsp3) is 0.350. The molecule has 1 aliphatic carbocycles. The minimum Gasteiger partial charge on any atom is -0.382 e. The van der Waals surface area contributed by atoms with Gasteiger partial charge in [0.2, 0.25) is 0 Å². The SMILES string of the molecule is N#C[C@H]1CCC[C@@H](Nc2cccc(C(=O)NCc3ccccn3)c2)C1. The van der Waals surface area contributed by atoms with E-state index in [0.717, 1.165) is 37.1 Å². The Labute approximate surface area is 148 Å². The summed E-state index contributed by atoms with van der Waals surface area (Å²) in [7, 11) is 0. The summed E-state index contributed by atoms with van der Waals surface area (Å²) in [5.74, 6) is 0.0175. The highest BCUT2D eigenvalue weighted by Gasteiger charge is 2.21. The van der Waals surface area contributed by atoms with Crippen molar-refractivity contribution in [3.63, 3.8) is 0 Å². The number of aromatic nitrogens is 1. The number of nitriles is 1. The van der Waals surface area contributed by atoms with Gasteiger partial charge in [-0.05, 0) is 49.6 Å². The Balaban J connectivity index is 1.59. The molecule has 1 aromatic heterocycles. The third-order valence-electron chi connectivity index (χ3n) is 4.51. The Morgan fingerprint density at radius 2 is 2.16 bits per heavy atom. The highest BCUT2D eigenvalue weighted by molar-refractivity contribution is 5.95. The second kappa shape index (κ2) is 8.29. The van der Waals surface area contributed by atoms with Crippen LogP contribution in [-0.2, 0) is 6.54 Å². The van der Waals surface area contributed by atoms with E-state index in [9.17, 15) is 4.79 Å². The average Bonchev–Trinajstić information content (AvgIpc) is 2.67. The van der Waals surface area contributed by atoms with Crippen LogP contribution in [0.5, 0.6) is 0 Å². The van der Waals surface area contributed by atoms with Gasteiger partial charge in [0.05, 0.1) is 18.3 Å². The van der Waals surface area contributed by atoms with Gasteiger partial charge in [-0.2, -0.15) is 5.26 Å². The van der Waals surface area contributed by atoms with Gasteiger partial charge in [-0.25, -0.2) is 0 Å². The van der Waals surface area contributed by atoms with Gasteiger partial charge >= 0.3 is 0 Å².